The normalized spacial score (nSPS) is 11.8. The molecule has 0 saturated heterocycles. The van der Waals surface area contributed by atoms with E-state index in [2.05, 4.69) is 5.32 Å². The first-order valence-electron chi connectivity index (χ1n) is 13.2. The fourth-order valence-electron chi connectivity index (χ4n) is 4.06. The molecule has 2 amide bonds. The van der Waals surface area contributed by atoms with E-state index in [-0.39, 0.29) is 23.0 Å². The Bertz CT molecular complexity index is 1400. The lowest BCUT2D eigenvalue weighted by Crippen LogP contribution is -2.51. The van der Waals surface area contributed by atoms with Crippen LogP contribution >= 0.6 is 11.6 Å². The number of anilines is 1. The number of methoxy groups -OCH3 is 2. The average molecular weight is 602 g/mol. The largest absolute Gasteiger partial charge is 0.497 e. The van der Waals surface area contributed by atoms with Crippen LogP contribution in [-0.2, 0) is 26.2 Å². The highest BCUT2D eigenvalue weighted by Crippen LogP contribution is 2.27. The van der Waals surface area contributed by atoms with Gasteiger partial charge in [0.05, 0.1) is 24.8 Å². The third-order valence-electron chi connectivity index (χ3n) is 6.55. The third kappa shape index (κ3) is 8.37. The lowest BCUT2D eigenvalue weighted by atomic mass is 10.1. The van der Waals surface area contributed by atoms with Gasteiger partial charge in [0.2, 0.25) is 11.8 Å². The van der Waals surface area contributed by atoms with Crippen molar-refractivity contribution in [3.8, 4) is 11.5 Å². The van der Waals surface area contributed by atoms with Gasteiger partial charge in [-0.1, -0.05) is 37.1 Å². The van der Waals surface area contributed by atoms with Crippen molar-refractivity contribution < 1.29 is 27.5 Å². The predicted molar refractivity (Wildman–Crippen MR) is 160 cm³/mol. The molecule has 1 atom stereocenters. The van der Waals surface area contributed by atoms with E-state index in [0.717, 1.165) is 22.7 Å². The van der Waals surface area contributed by atoms with E-state index in [4.69, 9.17) is 21.1 Å². The second-order valence-corrected chi connectivity index (χ2v) is 11.7. The molecule has 0 saturated carbocycles. The highest BCUT2D eigenvalue weighted by molar-refractivity contribution is 7.92. The number of sulfonamides is 1. The van der Waals surface area contributed by atoms with Crippen LogP contribution in [0.1, 0.15) is 32.3 Å². The molecule has 0 aliphatic rings. The van der Waals surface area contributed by atoms with Crippen molar-refractivity contribution in [1.82, 2.24) is 10.2 Å². The van der Waals surface area contributed by atoms with Gasteiger partial charge in [0, 0.05) is 18.1 Å². The molecule has 0 unspecified atom stereocenters. The summed E-state index contributed by atoms with van der Waals surface area (Å²) in [6.07, 6.45) is 1.71. The van der Waals surface area contributed by atoms with Crippen LogP contribution in [0.3, 0.4) is 0 Å². The fraction of sp³-hybridized carbons (Fsp3) is 0.333. The summed E-state index contributed by atoms with van der Waals surface area (Å²) >= 11 is 6.07. The van der Waals surface area contributed by atoms with E-state index in [1.807, 2.05) is 6.92 Å². The maximum atomic E-state index is 13.9. The molecule has 1 N–H and O–H groups in total. The van der Waals surface area contributed by atoms with Gasteiger partial charge < -0.3 is 19.7 Å². The molecule has 0 radical (unpaired) electrons. The standard InChI is InChI=1S/C30H36ClN3O6S/c1-5-6-19-32-30(36)22(2)33(20-23-7-13-26(39-3)14-8-23)29(35)21-34(25-11-9-24(31)10-12-25)41(37,38)28-17-15-27(40-4)16-18-28/h7-18,22H,5-6,19-21H2,1-4H3,(H,32,36)/t22-/m1/s1. The van der Waals surface area contributed by atoms with Crippen LogP contribution in [0.25, 0.3) is 0 Å². The van der Waals surface area contributed by atoms with Gasteiger partial charge in [-0.05, 0) is 79.6 Å². The number of carbonyl (C=O) groups excluding carboxylic acids is 2. The predicted octanol–water partition coefficient (Wildman–Crippen LogP) is 4.89. The van der Waals surface area contributed by atoms with Gasteiger partial charge in [0.1, 0.15) is 24.1 Å². The van der Waals surface area contributed by atoms with Crippen molar-refractivity contribution in [3.05, 3.63) is 83.4 Å². The minimum Gasteiger partial charge on any atom is -0.497 e. The lowest BCUT2D eigenvalue weighted by Gasteiger charge is -2.32. The van der Waals surface area contributed by atoms with Crippen molar-refractivity contribution in [3.63, 3.8) is 0 Å². The molecule has 0 fully saturated rings. The zero-order valence-corrected chi connectivity index (χ0v) is 25.2. The maximum Gasteiger partial charge on any atom is 0.264 e. The van der Waals surface area contributed by atoms with Crippen LogP contribution in [0.15, 0.2) is 77.7 Å². The quantitative estimate of drug-likeness (QED) is 0.264. The van der Waals surface area contributed by atoms with Crippen LogP contribution in [0.2, 0.25) is 5.02 Å². The number of halogens is 1. The molecule has 0 heterocycles. The van der Waals surface area contributed by atoms with E-state index in [0.29, 0.717) is 23.1 Å². The molecule has 3 rings (SSSR count). The maximum absolute atomic E-state index is 13.9. The summed E-state index contributed by atoms with van der Waals surface area (Å²) in [7, 11) is -1.15. The van der Waals surface area contributed by atoms with Crippen LogP contribution in [0.5, 0.6) is 11.5 Å². The summed E-state index contributed by atoms with van der Waals surface area (Å²) in [5.41, 5.74) is 1.01. The highest BCUT2D eigenvalue weighted by Gasteiger charge is 2.32. The van der Waals surface area contributed by atoms with Gasteiger partial charge in [-0.25, -0.2) is 8.42 Å². The molecule has 0 aromatic heterocycles. The number of amides is 2. The molecule has 3 aromatic rings. The zero-order valence-electron chi connectivity index (χ0n) is 23.7. The first-order chi connectivity index (χ1) is 19.6. The van der Waals surface area contributed by atoms with Gasteiger partial charge in [-0.15, -0.1) is 0 Å². The van der Waals surface area contributed by atoms with Crippen LogP contribution in [0.4, 0.5) is 5.69 Å². The number of nitrogens with one attached hydrogen (secondary N) is 1. The Morgan fingerprint density at radius 1 is 0.902 bits per heavy atom. The van der Waals surface area contributed by atoms with Gasteiger partial charge in [0.25, 0.3) is 10.0 Å². The van der Waals surface area contributed by atoms with E-state index < -0.39 is 28.5 Å². The number of unbranched alkanes of at least 4 members (excludes halogenated alkanes) is 1. The van der Waals surface area contributed by atoms with Gasteiger partial charge in [-0.3, -0.25) is 13.9 Å². The average Bonchev–Trinajstić information content (AvgIpc) is 2.99. The van der Waals surface area contributed by atoms with Crippen molar-refractivity contribution in [2.75, 3.05) is 31.6 Å². The molecule has 0 spiro atoms. The van der Waals surface area contributed by atoms with Crippen molar-refractivity contribution in [1.29, 1.82) is 0 Å². The summed E-state index contributed by atoms with van der Waals surface area (Å²) in [6, 6.07) is 18.3. The molecule has 9 nitrogen and oxygen atoms in total. The molecular weight excluding hydrogens is 566 g/mol. The molecule has 220 valence electrons. The first kappa shape index (κ1) is 31.8. The third-order valence-corrected chi connectivity index (χ3v) is 8.59. The molecular formula is C30H36ClN3O6S. The van der Waals surface area contributed by atoms with Crippen LogP contribution < -0.4 is 19.1 Å². The van der Waals surface area contributed by atoms with E-state index in [1.165, 1.54) is 48.4 Å². The molecule has 0 bridgehead atoms. The van der Waals surface area contributed by atoms with E-state index in [9.17, 15) is 18.0 Å². The molecule has 0 aliphatic heterocycles. The Morgan fingerprint density at radius 3 is 2.00 bits per heavy atom. The Balaban J connectivity index is 1.99. The summed E-state index contributed by atoms with van der Waals surface area (Å²) in [6.45, 7) is 3.67. The van der Waals surface area contributed by atoms with E-state index >= 15 is 0 Å². The topological polar surface area (TPSA) is 105 Å². The summed E-state index contributed by atoms with van der Waals surface area (Å²) in [5, 5.41) is 3.29. The highest BCUT2D eigenvalue weighted by atomic mass is 35.5. The number of hydrogen-bond donors (Lipinski definition) is 1. The van der Waals surface area contributed by atoms with Gasteiger partial charge >= 0.3 is 0 Å². The van der Waals surface area contributed by atoms with Crippen LogP contribution in [0, 0.1) is 0 Å². The summed E-state index contributed by atoms with van der Waals surface area (Å²) in [4.78, 5) is 28.4. The SMILES string of the molecule is CCCCNC(=O)[C@@H](C)N(Cc1ccc(OC)cc1)C(=O)CN(c1ccc(Cl)cc1)S(=O)(=O)c1ccc(OC)cc1. The Labute approximate surface area is 247 Å². The second-order valence-electron chi connectivity index (χ2n) is 9.35. The molecule has 0 aliphatic carbocycles. The number of hydrogen-bond acceptors (Lipinski definition) is 6. The fourth-order valence-corrected chi connectivity index (χ4v) is 5.60. The minimum absolute atomic E-state index is 0.0203. The lowest BCUT2D eigenvalue weighted by molar-refractivity contribution is -0.139. The summed E-state index contributed by atoms with van der Waals surface area (Å²) in [5.74, 6) is 0.269. The number of nitrogens with zero attached hydrogens (tertiary/aromatic N) is 2. The molecule has 3 aromatic carbocycles. The van der Waals surface area contributed by atoms with E-state index in [1.54, 1.807) is 50.4 Å². The van der Waals surface area contributed by atoms with Crippen molar-refractivity contribution in [2.45, 2.75) is 44.2 Å². The minimum atomic E-state index is -4.20. The van der Waals surface area contributed by atoms with Crippen molar-refractivity contribution >= 4 is 39.1 Å². The van der Waals surface area contributed by atoms with Crippen molar-refractivity contribution in [2.24, 2.45) is 0 Å². The molecule has 41 heavy (non-hydrogen) atoms. The Hall–Kier alpha value is -3.76. The zero-order chi connectivity index (χ0) is 30.0. The number of benzene rings is 3. The number of rotatable bonds is 14. The number of ether oxygens (including phenoxy) is 2. The Kier molecular flexibility index (Phi) is 11.4. The Morgan fingerprint density at radius 2 is 1.46 bits per heavy atom. The first-order valence-corrected chi connectivity index (χ1v) is 15.0. The number of carbonyl (C=O) groups is 2. The second kappa shape index (κ2) is 14.7. The van der Waals surface area contributed by atoms with Crippen LogP contribution in [-0.4, -0.2) is 58.5 Å². The molecule has 11 heteroatoms. The van der Waals surface area contributed by atoms with Gasteiger partial charge in [0.15, 0.2) is 0 Å². The monoisotopic (exact) mass is 601 g/mol. The smallest absolute Gasteiger partial charge is 0.264 e. The summed E-state index contributed by atoms with van der Waals surface area (Å²) < 4.78 is 39.2. The van der Waals surface area contributed by atoms with Gasteiger partial charge in [-0.2, -0.15) is 0 Å².